The second-order valence-electron chi connectivity index (χ2n) is 5.11. The summed E-state index contributed by atoms with van der Waals surface area (Å²) in [5, 5.41) is 7.58. The van der Waals surface area contributed by atoms with Gasteiger partial charge in [0, 0.05) is 49.4 Å². The van der Waals surface area contributed by atoms with E-state index in [0.717, 1.165) is 16.8 Å². The minimum atomic E-state index is -0.319. The summed E-state index contributed by atoms with van der Waals surface area (Å²) in [6.07, 6.45) is 5.37. The van der Waals surface area contributed by atoms with Crippen molar-refractivity contribution in [1.29, 1.82) is 0 Å². The largest absolute Gasteiger partial charge is 0.497 e. The van der Waals surface area contributed by atoms with Gasteiger partial charge in [0.15, 0.2) is 0 Å². The third-order valence-electron chi connectivity index (χ3n) is 3.50. The van der Waals surface area contributed by atoms with Gasteiger partial charge in [-0.05, 0) is 24.3 Å². The Balaban J connectivity index is 1.84. The Hall–Kier alpha value is -2.89. The SMILES string of the molecule is COc1ccc(F)c(NCc2cn(C)nc2-c2ccncc2)c1. The lowest BCUT2D eigenvalue weighted by Crippen LogP contribution is -2.02. The van der Waals surface area contributed by atoms with Crippen molar-refractivity contribution in [3.8, 4) is 17.0 Å². The molecule has 0 atom stereocenters. The molecule has 0 aliphatic rings. The number of nitrogens with one attached hydrogen (secondary N) is 1. The van der Waals surface area contributed by atoms with Gasteiger partial charge >= 0.3 is 0 Å². The van der Waals surface area contributed by atoms with E-state index in [2.05, 4.69) is 15.4 Å². The predicted octanol–water partition coefficient (Wildman–Crippen LogP) is 3.24. The van der Waals surface area contributed by atoms with E-state index in [1.165, 1.54) is 6.07 Å². The first-order valence-corrected chi connectivity index (χ1v) is 7.17. The zero-order valence-electron chi connectivity index (χ0n) is 13.0. The number of pyridine rings is 1. The fraction of sp³-hybridized carbons (Fsp3) is 0.176. The Kier molecular flexibility index (Phi) is 4.23. The Morgan fingerprint density at radius 2 is 2.00 bits per heavy atom. The molecule has 3 rings (SSSR count). The van der Waals surface area contributed by atoms with Gasteiger partial charge in [-0.3, -0.25) is 9.67 Å². The average molecular weight is 312 g/mol. The van der Waals surface area contributed by atoms with E-state index in [9.17, 15) is 4.39 Å². The number of hydrogen-bond acceptors (Lipinski definition) is 4. The fourth-order valence-corrected chi connectivity index (χ4v) is 2.38. The van der Waals surface area contributed by atoms with Crippen LogP contribution in [0.4, 0.5) is 10.1 Å². The van der Waals surface area contributed by atoms with Crippen LogP contribution in [0.15, 0.2) is 48.9 Å². The van der Waals surface area contributed by atoms with E-state index in [1.54, 1.807) is 36.3 Å². The summed E-state index contributed by atoms with van der Waals surface area (Å²) in [5.74, 6) is 0.287. The van der Waals surface area contributed by atoms with Crippen molar-refractivity contribution in [3.05, 3.63) is 60.3 Å². The quantitative estimate of drug-likeness (QED) is 0.786. The number of benzene rings is 1. The van der Waals surface area contributed by atoms with E-state index in [1.807, 2.05) is 25.4 Å². The van der Waals surface area contributed by atoms with Crippen LogP contribution < -0.4 is 10.1 Å². The number of anilines is 1. The van der Waals surface area contributed by atoms with Gasteiger partial charge in [-0.15, -0.1) is 0 Å². The van der Waals surface area contributed by atoms with Gasteiger partial charge in [0.1, 0.15) is 11.6 Å². The van der Waals surface area contributed by atoms with Gasteiger partial charge in [0.05, 0.1) is 18.5 Å². The van der Waals surface area contributed by atoms with Gasteiger partial charge in [0.25, 0.3) is 0 Å². The molecule has 0 bridgehead atoms. The smallest absolute Gasteiger partial charge is 0.146 e. The van der Waals surface area contributed by atoms with Gasteiger partial charge in [-0.2, -0.15) is 5.10 Å². The topological polar surface area (TPSA) is 52.0 Å². The maximum absolute atomic E-state index is 13.9. The maximum Gasteiger partial charge on any atom is 0.146 e. The molecule has 1 aromatic carbocycles. The average Bonchev–Trinajstić information content (AvgIpc) is 2.96. The Labute approximate surface area is 133 Å². The third kappa shape index (κ3) is 3.31. The lowest BCUT2D eigenvalue weighted by atomic mass is 10.1. The first-order chi connectivity index (χ1) is 11.2. The molecule has 0 saturated heterocycles. The number of hydrogen-bond donors (Lipinski definition) is 1. The summed E-state index contributed by atoms with van der Waals surface area (Å²) >= 11 is 0. The summed E-state index contributed by atoms with van der Waals surface area (Å²) in [5.41, 5.74) is 3.20. The second-order valence-corrected chi connectivity index (χ2v) is 5.11. The number of halogens is 1. The van der Waals surface area contributed by atoms with Gasteiger partial charge < -0.3 is 10.1 Å². The molecule has 0 aliphatic carbocycles. The molecule has 0 amide bonds. The van der Waals surface area contributed by atoms with Crippen molar-refractivity contribution >= 4 is 5.69 Å². The molecule has 0 spiro atoms. The highest BCUT2D eigenvalue weighted by molar-refractivity contribution is 5.63. The highest BCUT2D eigenvalue weighted by Crippen LogP contribution is 2.25. The number of aryl methyl sites for hydroxylation is 1. The molecule has 23 heavy (non-hydrogen) atoms. The number of ether oxygens (including phenoxy) is 1. The Bertz CT molecular complexity index is 802. The van der Waals surface area contributed by atoms with E-state index in [-0.39, 0.29) is 5.82 Å². The predicted molar refractivity (Wildman–Crippen MR) is 86.7 cm³/mol. The molecule has 0 aliphatic heterocycles. The van der Waals surface area contributed by atoms with Gasteiger partial charge in [-0.1, -0.05) is 0 Å². The van der Waals surface area contributed by atoms with Crippen molar-refractivity contribution in [3.63, 3.8) is 0 Å². The lowest BCUT2D eigenvalue weighted by molar-refractivity contribution is 0.414. The first-order valence-electron chi connectivity index (χ1n) is 7.17. The van der Waals surface area contributed by atoms with Crippen LogP contribution in [0.5, 0.6) is 5.75 Å². The lowest BCUT2D eigenvalue weighted by Gasteiger charge is -2.09. The van der Waals surface area contributed by atoms with Crippen LogP contribution in [0.1, 0.15) is 5.56 Å². The zero-order valence-corrected chi connectivity index (χ0v) is 13.0. The van der Waals surface area contributed by atoms with Gasteiger partial charge in [-0.25, -0.2) is 4.39 Å². The monoisotopic (exact) mass is 312 g/mol. The van der Waals surface area contributed by atoms with Crippen molar-refractivity contribution in [2.75, 3.05) is 12.4 Å². The van der Waals surface area contributed by atoms with Crippen LogP contribution in [-0.2, 0) is 13.6 Å². The molecular formula is C17H17FN4O. The normalized spacial score (nSPS) is 10.6. The van der Waals surface area contributed by atoms with E-state index < -0.39 is 0 Å². The molecular weight excluding hydrogens is 295 g/mol. The standard InChI is InChI=1S/C17H17FN4O/c1-22-11-13(17(21-22)12-5-7-19-8-6-12)10-20-16-9-14(23-2)3-4-15(16)18/h3-9,11,20H,10H2,1-2H3. The van der Waals surface area contributed by atoms with Crippen LogP contribution in [0.3, 0.4) is 0 Å². The second kappa shape index (κ2) is 6.48. The Morgan fingerprint density at radius 1 is 1.22 bits per heavy atom. The zero-order chi connectivity index (χ0) is 16.2. The first kappa shape index (κ1) is 15.0. The molecule has 6 heteroatoms. The molecule has 1 N–H and O–H groups in total. The third-order valence-corrected chi connectivity index (χ3v) is 3.50. The molecule has 2 heterocycles. The molecule has 0 saturated carbocycles. The van der Waals surface area contributed by atoms with Crippen LogP contribution in [-0.4, -0.2) is 21.9 Å². The Morgan fingerprint density at radius 3 is 2.74 bits per heavy atom. The highest BCUT2D eigenvalue weighted by Gasteiger charge is 2.11. The highest BCUT2D eigenvalue weighted by atomic mass is 19.1. The summed E-state index contributed by atoms with van der Waals surface area (Å²) in [7, 11) is 3.42. The number of rotatable bonds is 5. The van der Waals surface area contributed by atoms with Crippen LogP contribution in [0, 0.1) is 5.82 Å². The van der Waals surface area contributed by atoms with Crippen LogP contribution in [0.2, 0.25) is 0 Å². The minimum Gasteiger partial charge on any atom is -0.497 e. The summed E-state index contributed by atoms with van der Waals surface area (Å²) in [6, 6.07) is 8.41. The molecule has 0 radical (unpaired) electrons. The molecule has 3 aromatic rings. The fourth-order valence-electron chi connectivity index (χ4n) is 2.38. The van der Waals surface area contributed by atoms with Crippen molar-refractivity contribution in [1.82, 2.24) is 14.8 Å². The van der Waals surface area contributed by atoms with Crippen molar-refractivity contribution in [2.45, 2.75) is 6.54 Å². The summed E-state index contributed by atoms with van der Waals surface area (Å²) in [6.45, 7) is 0.454. The number of methoxy groups -OCH3 is 1. The number of nitrogens with zero attached hydrogens (tertiary/aromatic N) is 3. The summed E-state index contributed by atoms with van der Waals surface area (Å²) < 4.78 is 20.8. The van der Waals surface area contributed by atoms with Crippen LogP contribution >= 0.6 is 0 Å². The maximum atomic E-state index is 13.9. The van der Waals surface area contributed by atoms with E-state index >= 15 is 0 Å². The molecule has 118 valence electrons. The molecule has 0 unspecified atom stereocenters. The van der Waals surface area contributed by atoms with Crippen LogP contribution in [0.25, 0.3) is 11.3 Å². The van der Waals surface area contributed by atoms with E-state index in [4.69, 9.17) is 4.74 Å². The summed E-state index contributed by atoms with van der Waals surface area (Å²) in [4.78, 5) is 4.02. The van der Waals surface area contributed by atoms with Crippen molar-refractivity contribution < 1.29 is 9.13 Å². The van der Waals surface area contributed by atoms with E-state index in [0.29, 0.717) is 18.0 Å². The minimum absolute atomic E-state index is 0.319. The van der Waals surface area contributed by atoms with Gasteiger partial charge in [0.2, 0.25) is 0 Å². The number of aromatic nitrogens is 3. The molecule has 0 fully saturated rings. The van der Waals surface area contributed by atoms with Crippen molar-refractivity contribution in [2.24, 2.45) is 7.05 Å². The molecule has 2 aromatic heterocycles. The molecule has 5 nitrogen and oxygen atoms in total.